The molecule has 3 rings (SSSR count). The fourth-order valence-electron chi connectivity index (χ4n) is 3.33. The lowest BCUT2D eigenvalue weighted by molar-refractivity contribution is 0.0836. The van der Waals surface area contributed by atoms with Gasteiger partial charge in [-0.2, -0.15) is 0 Å². The van der Waals surface area contributed by atoms with Crippen molar-refractivity contribution in [1.82, 2.24) is 10.2 Å². The highest BCUT2D eigenvalue weighted by Crippen LogP contribution is 2.24. The first kappa shape index (κ1) is 18.5. The van der Waals surface area contributed by atoms with Crippen molar-refractivity contribution in [2.24, 2.45) is 0 Å². The molecule has 2 aromatic rings. The number of methoxy groups -OCH3 is 1. The molecular weight excluding hydrogens is 332 g/mol. The summed E-state index contributed by atoms with van der Waals surface area (Å²) in [4.78, 5) is 14.5. The zero-order chi connectivity index (χ0) is 18.4. The van der Waals surface area contributed by atoms with Crippen molar-refractivity contribution in [2.75, 3.05) is 33.4 Å². The average molecular weight is 358 g/mol. The minimum absolute atomic E-state index is 0.178. The van der Waals surface area contributed by atoms with Crippen LogP contribution in [0.25, 0.3) is 11.3 Å². The lowest BCUT2D eigenvalue weighted by Crippen LogP contribution is -2.45. The maximum Gasteiger partial charge on any atom is 0.287 e. The van der Waals surface area contributed by atoms with E-state index in [1.807, 2.05) is 24.3 Å². The van der Waals surface area contributed by atoms with Gasteiger partial charge in [-0.3, -0.25) is 9.69 Å². The minimum Gasteiger partial charge on any atom is -0.497 e. The second-order valence-corrected chi connectivity index (χ2v) is 6.52. The first-order valence-corrected chi connectivity index (χ1v) is 9.08. The first-order chi connectivity index (χ1) is 12.7. The van der Waals surface area contributed by atoms with E-state index in [2.05, 4.69) is 10.2 Å². The number of piperidine rings is 1. The van der Waals surface area contributed by atoms with Gasteiger partial charge >= 0.3 is 0 Å². The molecule has 1 amide bonds. The van der Waals surface area contributed by atoms with Crippen molar-refractivity contribution in [2.45, 2.75) is 25.3 Å². The van der Waals surface area contributed by atoms with Crippen LogP contribution in [0.3, 0.4) is 0 Å². The summed E-state index contributed by atoms with van der Waals surface area (Å²) < 4.78 is 10.8. The van der Waals surface area contributed by atoms with Gasteiger partial charge < -0.3 is 19.6 Å². The van der Waals surface area contributed by atoms with Gasteiger partial charge in [0.05, 0.1) is 13.7 Å². The fourth-order valence-corrected chi connectivity index (χ4v) is 3.33. The Morgan fingerprint density at radius 3 is 2.81 bits per heavy atom. The number of ether oxygens (including phenoxy) is 1. The van der Waals surface area contributed by atoms with Crippen LogP contribution in [0.15, 0.2) is 40.8 Å². The predicted molar refractivity (Wildman–Crippen MR) is 99.3 cm³/mol. The number of amides is 1. The summed E-state index contributed by atoms with van der Waals surface area (Å²) in [6.07, 6.45) is 3.33. The molecule has 1 aromatic carbocycles. The Labute approximate surface area is 153 Å². The quantitative estimate of drug-likeness (QED) is 0.796. The Balaban J connectivity index is 1.52. The summed E-state index contributed by atoms with van der Waals surface area (Å²) in [6, 6.07) is 11.2. The largest absolute Gasteiger partial charge is 0.497 e. The summed E-state index contributed by atoms with van der Waals surface area (Å²) in [5, 5.41) is 12.3. The van der Waals surface area contributed by atoms with Crippen LogP contribution in [0.1, 0.15) is 29.8 Å². The van der Waals surface area contributed by atoms with E-state index in [-0.39, 0.29) is 18.6 Å². The second kappa shape index (κ2) is 8.87. The maximum absolute atomic E-state index is 12.3. The number of hydrogen-bond acceptors (Lipinski definition) is 5. The van der Waals surface area contributed by atoms with Crippen LogP contribution < -0.4 is 10.1 Å². The third-order valence-corrected chi connectivity index (χ3v) is 4.85. The fraction of sp³-hybridized carbons (Fsp3) is 0.450. The van der Waals surface area contributed by atoms with Gasteiger partial charge in [0, 0.05) is 24.7 Å². The van der Waals surface area contributed by atoms with Crippen LogP contribution in [0.2, 0.25) is 0 Å². The van der Waals surface area contributed by atoms with Crippen molar-refractivity contribution in [3.63, 3.8) is 0 Å². The Bertz CT molecular complexity index is 711. The molecule has 0 radical (unpaired) electrons. The van der Waals surface area contributed by atoms with Crippen LogP contribution >= 0.6 is 0 Å². The van der Waals surface area contributed by atoms with E-state index in [9.17, 15) is 9.90 Å². The normalized spacial score (nSPS) is 17.8. The number of nitrogens with one attached hydrogen (secondary N) is 1. The molecule has 26 heavy (non-hydrogen) atoms. The number of rotatable bonds is 7. The van der Waals surface area contributed by atoms with Crippen LogP contribution in [0, 0.1) is 0 Å². The van der Waals surface area contributed by atoms with Gasteiger partial charge in [0.2, 0.25) is 0 Å². The summed E-state index contributed by atoms with van der Waals surface area (Å²) in [5.74, 6) is 1.50. The van der Waals surface area contributed by atoms with Crippen molar-refractivity contribution >= 4 is 5.91 Å². The van der Waals surface area contributed by atoms with Gasteiger partial charge in [0.25, 0.3) is 5.91 Å². The van der Waals surface area contributed by atoms with Gasteiger partial charge in [-0.25, -0.2) is 0 Å². The van der Waals surface area contributed by atoms with E-state index in [1.165, 1.54) is 0 Å². The van der Waals surface area contributed by atoms with Gasteiger partial charge in [-0.1, -0.05) is 6.42 Å². The maximum atomic E-state index is 12.3. The number of nitrogens with zero attached hydrogens (tertiary/aromatic N) is 1. The number of carbonyl (C=O) groups excluding carboxylic acids is 1. The highest BCUT2D eigenvalue weighted by atomic mass is 16.5. The molecule has 0 spiro atoms. The van der Waals surface area contributed by atoms with E-state index >= 15 is 0 Å². The molecule has 6 nitrogen and oxygen atoms in total. The van der Waals surface area contributed by atoms with Crippen LogP contribution in [-0.2, 0) is 0 Å². The van der Waals surface area contributed by atoms with Gasteiger partial charge in [0.1, 0.15) is 11.5 Å². The van der Waals surface area contributed by atoms with Crippen LogP contribution in [-0.4, -0.2) is 55.3 Å². The van der Waals surface area contributed by atoms with E-state index in [4.69, 9.17) is 9.15 Å². The third kappa shape index (κ3) is 4.45. The van der Waals surface area contributed by atoms with Crippen molar-refractivity contribution in [3.05, 3.63) is 42.2 Å². The molecule has 1 saturated heterocycles. The number of benzene rings is 1. The average Bonchev–Trinajstić information content (AvgIpc) is 3.18. The third-order valence-electron chi connectivity index (χ3n) is 4.85. The topological polar surface area (TPSA) is 74.9 Å². The van der Waals surface area contributed by atoms with E-state index in [0.29, 0.717) is 18.1 Å². The molecule has 2 N–H and O–H groups in total. The molecular formula is C20H26N2O4. The molecule has 6 heteroatoms. The number of likely N-dealkylation sites (tertiary alicyclic amines) is 1. The first-order valence-electron chi connectivity index (χ1n) is 9.08. The zero-order valence-electron chi connectivity index (χ0n) is 15.1. The van der Waals surface area contributed by atoms with Crippen molar-refractivity contribution in [3.8, 4) is 17.1 Å². The Morgan fingerprint density at radius 2 is 2.08 bits per heavy atom. The lowest BCUT2D eigenvalue weighted by atomic mass is 10.0. The Kier molecular flexibility index (Phi) is 6.30. The number of hydrogen-bond donors (Lipinski definition) is 2. The Morgan fingerprint density at radius 1 is 1.27 bits per heavy atom. The molecule has 0 bridgehead atoms. The monoisotopic (exact) mass is 358 g/mol. The molecule has 140 valence electrons. The highest BCUT2D eigenvalue weighted by molar-refractivity contribution is 5.92. The summed E-state index contributed by atoms with van der Waals surface area (Å²) in [7, 11) is 1.62. The van der Waals surface area contributed by atoms with Crippen molar-refractivity contribution in [1.29, 1.82) is 0 Å². The number of furan rings is 1. The molecule has 1 fully saturated rings. The van der Waals surface area contributed by atoms with E-state index in [1.54, 1.807) is 19.2 Å². The van der Waals surface area contributed by atoms with Gasteiger partial charge in [0.15, 0.2) is 5.76 Å². The molecule has 0 aliphatic carbocycles. The molecule has 2 heterocycles. The minimum atomic E-state index is -0.220. The zero-order valence-corrected chi connectivity index (χ0v) is 15.1. The van der Waals surface area contributed by atoms with Crippen molar-refractivity contribution < 1.29 is 19.1 Å². The number of aliphatic hydroxyl groups excluding tert-OH is 1. The number of carbonyl (C=O) groups is 1. The summed E-state index contributed by atoms with van der Waals surface area (Å²) in [6.45, 7) is 2.43. The smallest absolute Gasteiger partial charge is 0.287 e. The van der Waals surface area contributed by atoms with E-state index < -0.39 is 0 Å². The van der Waals surface area contributed by atoms with Gasteiger partial charge in [-0.15, -0.1) is 0 Å². The summed E-state index contributed by atoms with van der Waals surface area (Å²) in [5.41, 5.74) is 0.893. The van der Waals surface area contributed by atoms with E-state index in [0.717, 1.165) is 43.7 Å². The second-order valence-electron chi connectivity index (χ2n) is 6.52. The molecule has 1 aromatic heterocycles. The summed E-state index contributed by atoms with van der Waals surface area (Å²) >= 11 is 0. The lowest BCUT2D eigenvalue weighted by Gasteiger charge is -2.34. The molecule has 0 saturated carbocycles. The molecule has 1 aliphatic rings. The standard InChI is InChI=1S/C20H26N2O4/c1-25-17-7-5-15(6-8-17)18-9-10-19(26-18)20(24)21-11-13-22-12-3-2-4-16(22)14-23/h5-10,16,23H,2-4,11-14H2,1H3,(H,21,24)/t16-/m1/s1. The number of aliphatic hydroxyl groups is 1. The highest BCUT2D eigenvalue weighted by Gasteiger charge is 2.21. The molecule has 0 unspecified atom stereocenters. The molecule has 1 aliphatic heterocycles. The predicted octanol–water partition coefficient (Wildman–Crippen LogP) is 2.53. The van der Waals surface area contributed by atoms with Gasteiger partial charge in [-0.05, 0) is 55.8 Å². The van der Waals surface area contributed by atoms with Crippen LogP contribution in [0.4, 0.5) is 0 Å². The molecule has 1 atom stereocenters. The Hall–Kier alpha value is -2.31. The SMILES string of the molecule is COc1ccc(-c2ccc(C(=O)NCCN3CCCC[C@@H]3CO)o2)cc1. The van der Waals surface area contributed by atoms with Crippen LogP contribution in [0.5, 0.6) is 5.75 Å².